The summed E-state index contributed by atoms with van der Waals surface area (Å²) in [6.07, 6.45) is 3.35. The van der Waals surface area contributed by atoms with Gasteiger partial charge in [0.05, 0.1) is 0 Å². The molecule has 3 aromatic rings. The molecule has 6 nitrogen and oxygen atoms in total. The topological polar surface area (TPSA) is 84.0 Å². The van der Waals surface area contributed by atoms with Gasteiger partial charge in [-0.05, 0) is 47.4 Å². The van der Waals surface area contributed by atoms with E-state index in [0.29, 0.717) is 18.2 Å². The zero-order valence-corrected chi connectivity index (χ0v) is 15.8. The number of nitrogens with one attached hydrogen (secondary N) is 2. The molecule has 0 radical (unpaired) electrons. The van der Waals surface area contributed by atoms with E-state index < -0.39 is 0 Å². The van der Waals surface area contributed by atoms with Gasteiger partial charge in [0.1, 0.15) is 11.4 Å². The molecule has 0 fully saturated rings. The van der Waals surface area contributed by atoms with Crippen LogP contribution in [0, 0.1) is 0 Å². The Balaban J connectivity index is 1.64. The maximum Gasteiger partial charge on any atom is 0.274 e. The van der Waals surface area contributed by atoms with E-state index in [0.717, 1.165) is 5.56 Å². The van der Waals surface area contributed by atoms with Crippen molar-refractivity contribution in [1.82, 2.24) is 15.3 Å². The summed E-state index contributed by atoms with van der Waals surface area (Å²) in [6.45, 7) is 4.57. The van der Waals surface area contributed by atoms with Gasteiger partial charge in [-0.2, -0.15) is 0 Å². The molecule has 142 valence electrons. The Bertz CT molecular complexity index is 954. The van der Waals surface area contributed by atoms with Crippen LogP contribution in [0.2, 0.25) is 0 Å². The Morgan fingerprint density at radius 3 is 2.29 bits per heavy atom. The van der Waals surface area contributed by atoms with Gasteiger partial charge in [0.25, 0.3) is 11.8 Å². The van der Waals surface area contributed by atoms with E-state index in [-0.39, 0.29) is 23.2 Å². The van der Waals surface area contributed by atoms with E-state index in [4.69, 9.17) is 0 Å². The van der Waals surface area contributed by atoms with Gasteiger partial charge in [0, 0.05) is 24.6 Å². The minimum Gasteiger partial charge on any atom is -0.347 e. The number of hydrogen-bond donors (Lipinski definition) is 2. The number of anilines is 1. The second-order valence-electron chi connectivity index (χ2n) is 6.68. The second kappa shape index (κ2) is 8.90. The van der Waals surface area contributed by atoms with Crippen LogP contribution in [0.3, 0.4) is 0 Å². The van der Waals surface area contributed by atoms with Gasteiger partial charge < -0.3 is 10.6 Å². The molecule has 0 atom stereocenters. The number of pyridine rings is 2. The SMILES string of the molecule is CC(C)c1ccc(NC(=O)c2cccc(C(=O)NCc3cccnc3)n2)cc1. The highest BCUT2D eigenvalue weighted by molar-refractivity contribution is 6.03. The second-order valence-corrected chi connectivity index (χ2v) is 6.68. The third-order valence-corrected chi connectivity index (χ3v) is 4.23. The molecule has 1 aromatic carbocycles. The van der Waals surface area contributed by atoms with Crippen molar-refractivity contribution in [2.24, 2.45) is 0 Å². The Morgan fingerprint density at radius 2 is 1.64 bits per heavy atom. The Labute approximate surface area is 164 Å². The molecular formula is C22H22N4O2. The number of carbonyl (C=O) groups excluding carboxylic acids is 2. The summed E-state index contributed by atoms with van der Waals surface area (Å²) in [5.74, 6) is -0.285. The maximum atomic E-state index is 12.5. The van der Waals surface area contributed by atoms with Crippen molar-refractivity contribution in [2.75, 3.05) is 5.32 Å². The third-order valence-electron chi connectivity index (χ3n) is 4.23. The van der Waals surface area contributed by atoms with Gasteiger partial charge in [-0.15, -0.1) is 0 Å². The fraction of sp³-hybridized carbons (Fsp3) is 0.182. The Kier molecular flexibility index (Phi) is 6.11. The van der Waals surface area contributed by atoms with Crippen LogP contribution in [-0.4, -0.2) is 21.8 Å². The summed E-state index contributed by atoms with van der Waals surface area (Å²) in [7, 11) is 0. The van der Waals surface area contributed by atoms with Crippen LogP contribution >= 0.6 is 0 Å². The van der Waals surface area contributed by atoms with E-state index in [1.807, 2.05) is 30.3 Å². The first-order valence-corrected chi connectivity index (χ1v) is 9.08. The standard InChI is InChI=1S/C22H22N4O2/c1-15(2)17-8-10-18(11-9-17)25-22(28)20-7-3-6-19(26-20)21(27)24-14-16-5-4-12-23-13-16/h3-13,15H,14H2,1-2H3,(H,24,27)(H,25,28). The predicted molar refractivity (Wildman–Crippen MR) is 108 cm³/mol. The quantitative estimate of drug-likeness (QED) is 0.688. The van der Waals surface area contributed by atoms with Crippen molar-refractivity contribution in [1.29, 1.82) is 0 Å². The summed E-state index contributed by atoms with van der Waals surface area (Å²) in [4.78, 5) is 33.0. The van der Waals surface area contributed by atoms with Crippen molar-refractivity contribution in [3.05, 3.63) is 89.5 Å². The van der Waals surface area contributed by atoms with E-state index in [1.54, 1.807) is 36.7 Å². The zero-order chi connectivity index (χ0) is 19.9. The van der Waals surface area contributed by atoms with Crippen LogP contribution in [0.1, 0.15) is 51.9 Å². The fourth-order valence-corrected chi connectivity index (χ4v) is 2.61. The summed E-state index contributed by atoms with van der Waals surface area (Å²) in [5, 5.41) is 5.58. The van der Waals surface area contributed by atoms with Gasteiger partial charge in [0.2, 0.25) is 0 Å². The molecule has 0 saturated carbocycles. The molecule has 0 bridgehead atoms. The average molecular weight is 374 g/mol. The average Bonchev–Trinajstić information content (AvgIpc) is 2.73. The molecule has 2 heterocycles. The number of hydrogen-bond acceptors (Lipinski definition) is 4. The highest BCUT2D eigenvalue weighted by Crippen LogP contribution is 2.17. The molecule has 6 heteroatoms. The first kappa shape index (κ1) is 19.2. The van der Waals surface area contributed by atoms with Crippen molar-refractivity contribution < 1.29 is 9.59 Å². The summed E-state index contributed by atoms with van der Waals surface area (Å²) >= 11 is 0. The maximum absolute atomic E-state index is 12.5. The minimum atomic E-state index is -0.362. The highest BCUT2D eigenvalue weighted by atomic mass is 16.2. The van der Waals surface area contributed by atoms with Crippen LogP contribution in [0.25, 0.3) is 0 Å². The zero-order valence-electron chi connectivity index (χ0n) is 15.8. The molecular weight excluding hydrogens is 352 g/mol. The Morgan fingerprint density at radius 1 is 0.929 bits per heavy atom. The van der Waals surface area contributed by atoms with Crippen LogP contribution in [0.4, 0.5) is 5.69 Å². The first-order chi connectivity index (χ1) is 13.5. The number of rotatable bonds is 6. The van der Waals surface area contributed by atoms with E-state index in [9.17, 15) is 9.59 Å². The third kappa shape index (κ3) is 5.01. The summed E-state index contributed by atoms with van der Waals surface area (Å²) < 4.78 is 0. The first-order valence-electron chi connectivity index (χ1n) is 9.08. The lowest BCUT2D eigenvalue weighted by Crippen LogP contribution is -2.25. The smallest absolute Gasteiger partial charge is 0.274 e. The van der Waals surface area contributed by atoms with Crippen LogP contribution in [0.5, 0.6) is 0 Å². The molecule has 0 spiro atoms. The molecule has 0 aliphatic carbocycles. The highest BCUT2D eigenvalue weighted by Gasteiger charge is 2.13. The molecule has 3 rings (SSSR count). The lowest BCUT2D eigenvalue weighted by Gasteiger charge is -2.09. The van der Waals surface area contributed by atoms with Crippen LogP contribution in [-0.2, 0) is 6.54 Å². The molecule has 2 aromatic heterocycles. The molecule has 0 aliphatic heterocycles. The molecule has 0 saturated heterocycles. The van der Waals surface area contributed by atoms with Gasteiger partial charge in [-0.25, -0.2) is 4.98 Å². The van der Waals surface area contributed by atoms with E-state index >= 15 is 0 Å². The number of benzene rings is 1. The molecule has 2 N–H and O–H groups in total. The van der Waals surface area contributed by atoms with Crippen molar-refractivity contribution >= 4 is 17.5 Å². The fourth-order valence-electron chi connectivity index (χ4n) is 2.61. The minimum absolute atomic E-state index is 0.182. The van der Waals surface area contributed by atoms with Gasteiger partial charge in [-0.3, -0.25) is 14.6 Å². The summed E-state index contributed by atoms with van der Waals surface area (Å²) in [6, 6.07) is 16.2. The van der Waals surface area contributed by atoms with Crippen molar-refractivity contribution in [2.45, 2.75) is 26.3 Å². The van der Waals surface area contributed by atoms with Crippen LogP contribution in [0.15, 0.2) is 67.0 Å². The number of nitrogens with zero attached hydrogens (tertiary/aromatic N) is 2. The molecule has 0 aliphatic rings. The molecule has 0 unspecified atom stereocenters. The lowest BCUT2D eigenvalue weighted by atomic mass is 10.0. The molecule has 28 heavy (non-hydrogen) atoms. The largest absolute Gasteiger partial charge is 0.347 e. The van der Waals surface area contributed by atoms with Crippen LogP contribution < -0.4 is 10.6 Å². The Hall–Kier alpha value is -3.54. The molecule has 2 amide bonds. The monoisotopic (exact) mass is 374 g/mol. The number of aromatic nitrogens is 2. The lowest BCUT2D eigenvalue weighted by molar-refractivity contribution is 0.0945. The summed E-state index contributed by atoms with van der Waals surface area (Å²) in [5.41, 5.74) is 3.13. The normalized spacial score (nSPS) is 10.5. The van der Waals surface area contributed by atoms with Gasteiger partial charge in [-0.1, -0.05) is 38.1 Å². The number of amides is 2. The van der Waals surface area contributed by atoms with Crippen molar-refractivity contribution in [3.8, 4) is 0 Å². The van der Waals surface area contributed by atoms with Crippen molar-refractivity contribution in [3.63, 3.8) is 0 Å². The van der Waals surface area contributed by atoms with E-state index in [2.05, 4.69) is 34.4 Å². The predicted octanol–water partition coefficient (Wildman–Crippen LogP) is 3.78. The number of carbonyl (C=O) groups is 2. The van der Waals surface area contributed by atoms with Gasteiger partial charge in [0.15, 0.2) is 0 Å². The van der Waals surface area contributed by atoms with E-state index in [1.165, 1.54) is 5.56 Å². The van der Waals surface area contributed by atoms with Gasteiger partial charge >= 0.3 is 0 Å².